The van der Waals surface area contributed by atoms with E-state index in [4.69, 9.17) is 0 Å². The van der Waals surface area contributed by atoms with Crippen molar-refractivity contribution in [3.8, 4) is 11.1 Å². The SMILES string of the molecule is C[C@H](NC(=O)CCNC(=O)Cc1ccccc1)c1ccc(-c2ccccc2)cc1. The Balaban J connectivity index is 1.42. The quantitative estimate of drug-likeness (QED) is 0.607. The zero-order valence-corrected chi connectivity index (χ0v) is 16.6. The number of carbonyl (C=O) groups is 2. The van der Waals surface area contributed by atoms with Crippen LogP contribution in [0.4, 0.5) is 0 Å². The van der Waals surface area contributed by atoms with Gasteiger partial charge in [0.05, 0.1) is 12.5 Å². The average Bonchev–Trinajstić information content (AvgIpc) is 2.75. The van der Waals surface area contributed by atoms with Crippen LogP contribution in [0.2, 0.25) is 0 Å². The second-order valence-corrected chi connectivity index (χ2v) is 7.04. The van der Waals surface area contributed by atoms with Gasteiger partial charge in [-0.1, -0.05) is 84.9 Å². The molecule has 0 unspecified atom stereocenters. The van der Waals surface area contributed by atoms with Gasteiger partial charge in [0.15, 0.2) is 0 Å². The van der Waals surface area contributed by atoms with Crippen molar-refractivity contribution in [1.29, 1.82) is 0 Å². The fraction of sp³-hybridized carbons (Fsp3) is 0.200. The molecule has 0 saturated heterocycles. The molecule has 0 aliphatic rings. The summed E-state index contributed by atoms with van der Waals surface area (Å²) in [5, 5.41) is 5.79. The van der Waals surface area contributed by atoms with Crippen LogP contribution in [0, 0.1) is 0 Å². The minimum absolute atomic E-state index is 0.0754. The van der Waals surface area contributed by atoms with Crippen LogP contribution in [0.5, 0.6) is 0 Å². The van der Waals surface area contributed by atoms with Crippen LogP contribution in [-0.2, 0) is 16.0 Å². The highest BCUT2D eigenvalue weighted by Crippen LogP contribution is 2.21. The van der Waals surface area contributed by atoms with Crippen LogP contribution in [0.3, 0.4) is 0 Å². The van der Waals surface area contributed by atoms with E-state index in [2.05, 4.69) is 34.9 Å². The van der Waals surface area contributed by atoms with Gasteiger partial charge in [-0.15, -0.1) is 0 Å². The van der Waals surface area contributed by atoms with Crippen molar-refractivity contribution in [3.63, 3.8) is 0 Å². The van der Waals surface area contributed by atoms with Crippen molar-refractivity contribution < 1.29 is 9.59 Å². The van der Waals surface area contributed by atoms with Crippen molar-refractivity contribution in [2.24, 2.45) is 0 Å². The van der Waals surface area contributed by atoms with Gasteiger partial charge in [0.1, 0.15) is 0 Å². The molecule has 0 radical (unpaired) electrons. The highest BCUT2D eigenvalue weighted by Gasteiger charge is 2.10. The molecule has 29 heavy (non-hydrogen) atoms. The average molecular weight is 386 g/mol. The van der Waals surface area contributed by atoms with E-state index in [1.807, 2.05) is 67.6 Å². The van der Waals surface area contributed by atoms with Crippen LogP contribution in [-0.4, -0.2) is 18.4 Å². The van der Waals surface area contributed by atoms with Gasteiger partial charge in [-0.05, 0) is 29.2 Å². The van der Waals surface area contributed by atoms with E-state index in [0.717, 1.165) is 16.7 Å². The normalized spacial score (nSPS) is 11.5. The van der Waals surface area contributed by atoms with Crippen molar-refractivity contribution in [2.45, 2.75) is 25.8 Å². The van der Waals surface area contributed by atoms with Gasteiger partial charge in [-0.3, -0.25) is 9.59 Å². The second-order valence-electron chi connectivity index (χ2n) is 7.04. The second kappa shape index (κ2) is 10.2. The van der Waals surface area contributed by atoms with Crippen LogP contribution in [0.25, 0.3) is 11.1 Å². The van der Waals surface area contributed by atoms with E-state index < -0.39 is 0 Å². The summed E-state index contributed by atoms with van der Waals surface area (Å²) in [7, 11) is 0. The summed E-state index contributed by atoms with van der Waals surface area (Å²) in [5.41, 5.74) is 4.32. The maximum Gasteiger partial charge on any atom is 0.224 e. The molecule has 0 fully saturated rings. The maximum atomic E-state index is 12.2. The molecule has 3 aromatic rings. The molecule has 0 spiro atoms. The molecule has 2 N–H and O–H groups in total. The van der Waals surface area contributed by atoms with E-state index in [-0.39, 0.29) is 24.3 Å². The summed E-state index contributed by atoms with van der Waals surface area (Å²) >= 11 is 0. The summed E-state index contributed by atoms with van der Waals surface area (Å²) in [6.07, 6.45) is 0.583. The molecular weight excluding hydrogens is 360 g/mol. The van der Waals surface area contributed by atoms with Gasteiger partial charge < -0.3 is 10.6 Å². The number of benzene rings is 3. The number of nitrogens with one attached hydrogen (secondary N) is 2. The Labute approximate surface area is 172 Å². The largest absolute Gasteiger partial charge is 0.355 e. The molecule has 1 atom stereocenters. The number of hydrogen-bond donors (Lipinski definition) is 2. The van der Waals surface area contributed by atoms with E-state index in [9.17, 15) is 9.59 Å². The molecule has 0 aromatic heterocycles. The Morgan fingerprint density at radius 1 is 0.759 bits per heavy atom. The van der Waals surface area contributed by atoms with E-state index in [1.54, 1.807) is 0 Å². The maximum absolute atomic E-state index is 12.2. The highest BCUT2D eigenvalue weighted by molar-refractivity contribution is 5.80. The molecule has 2 amide bonds. The summed E-state index contributed by atoms with van der Waals surface area (Å²) < 4.78 is 0. The van der Waals surface area contributed by atoms with Crippen molar-refractivity contribution in [2.75, 3.05) is 6.54 Å². The van der Waals surface area contributed by atoms with Gasteiger partial charge in [-0.25, -0.2) is 0 Å². The first-order valence-corrected chi connectivity index (χ1v) is 9.87. The Bertz CT molecular complexity index is 922. The van der Waals surface area contributed by atoms with Gasteiger partial charge in [0.2, 0.25) is 11.8 Å². The fourth-order valence-electron chi connectivity index (χ4n) is 3.15. The summed E-state index contributed by atoms with van der Waals surface area (Å²) in [4.78, 5) is 24.1. The Hall–Kier alpha value is -3.40. The first kappa shape index (κ1) is 20.3. The van der Waals surface area contributed by atoms with E-state index in [1.165, 1.54) is 5.56 Å². The van der Waals surface area contributed by atoms with Gasteiger partial charge in [0.25, 0.3) is 0 Å². The number of rotatable bonds is 8. The lowest BCUT2D eigenvalue weighted by Gasteiger charge is -2.15. The van der Waals surface area contributed by atoms with Crippen LogP contribution < -0.4 is 10.6 Å². The minimum atomic E-state index is -0.0904. The molecule has 0 saturated carbocycles. The predicted octanol–water partition coefficient (Wildman–Crippen LogP) is 4.28. The Kier molecular flexibility index (Phi) is 7.17. The first-order valence-electron chi connectivity index (χ1n) is 9.87. The third kappa shape index (κ3) is 6.32. The van der Waals surface area contributed by atoms with Gasteiger partial charge in [-0.2, -0.15) is 0 Å². The fourth-order valence-corrected chi connectivity index (χ4v) is 3.15. The molecule has 3 rings (SSSR count). The van der Waals surface area contributed by atoms with Crippen LogP contribution in [0.15, 0.2) is 84.9 Å². The lowest BCUT2D eigenvalue weighted by molar-refractivity contribution is -0.122. The van der Waals surface area contributed by atoms with E-state index in [0.29, 0.717) is 13.0 Å². The minimum Gasteiger partial charge on any atom is -0.355 e. The standard InChI is InChI=1S/C25H26N2O2/c1-19(21-12-14-23(15-13-21)22-10-6-3-7-11-22)27-24(28)16-17-26-25(29)18-20-8-4-2-5-9-20/h2-15,19H,16-18H2,1H3,(H,26,29)(H,27,28)/t19-/m0/s1. The van der Waals surface area contributed by atoms with Gasteiger partial charge in [0, 0.05) is 13.0 Å². The molecule has 3 aromatic carbocycles. The third-order valence-corrected chi connectivity index (χ3v) is 4.78. The number of hydrogen-bond acceptors (Lipinski definition) is 2. The Morgan fingerprint density at radius 2 is 1.34 bits per heavy atom. The van der Waals surface area contributed by atoms with Crippen molar-refractivity contribution in [3.05, 3.63) is 96.1 Å². The smallest absolute Gasteiger partial charge is 0.224 e. The Morgan fingerprint density at radius 3 is 2.00 bits per heavy atom. The molecule has 0 heterocycles. The van der Waals surface area contributed by atoms with Crippen LogP contribution in [0.1, 0.15) is 30.5 Å². The monoisotopic (exact) mass is 386 g/mol. The zero-order chi connectivity index (χ0) is 20.5. The lowest BCUT2D eigenvalue weighted by Crippen LogP contribution is -2.32. The molecular formula is C25H26N2O2. The molecule has 0 aliphatic carbocycles. The lowest BCUT2D eigenvalue weighted by atomic mass is 10.0. The summed E-state index contributed by atoms with van der Waals surface area (Å²) in [5.74, 6) is -0.154. The molecule has 4 heteroatoms. The number of carbonyl (C=O) groups excluding carboxylic acids is 2. The molecule has 4 nitrogen and oxygen atoms in total. The molecule has 0 bridgehead atoms. The van der Waals surface area contributed by atoms with Crippen molar-refractivity contribution >= 4 is 11.8 Å². The highest BCUT2D eigenvalue weighted by atomic mass is 16.2. The predicted molar refractivity (Wildman–Crippen MR) is 116 cm³/mol. The third-order valence-electron chi connectivity index (χ3n) is 4.78. The van der Waals surface area contributed by atoms with E-state index >= 15 is 0 Å². The van der Waals surface area contributed by atoms with Gasteiger partial charge >= 0.3 is 0 Å². The summed E-state index contributed by atoms with van der Waals surface area (Å²) in [6, 6.07) is 27.9. The molecule has 0 aliphatic heterocycles. The molecule has 148 valence electrons. The summed E-state index contributed by atoms with van der Waals surface area (Å²) in [6.45, 7) is 2.29. The van der Waals surface area contributed by atoms with Crippen LogP contribution >= 0.6 is 0 Å². The number of amides is 2. The topological polar surface area (TPSA) is 58.2 Å². The first-order chi connectivity index (χ1) is 14.1. The zero-order valence-electron chi connectivity index (χ0n) is 16.6. The van der Waals surface area contributed by atoms with Crippen molar-refractivity contribution in [1.82, 2.24) is 10.6 Å².